The molecule has 4 rings (SSSR count). The SMILES string of the molecule is NC(=O)c1c(NC(=O)c2ccccc2Cl)sc2c1CCN(Cc1ccc(Cl)cc1)C2. The summed E-state index contributed by atoms with van der Waals surface area (Å²) >= 11 is 13.5. The first-order chi connectivity index (χ1) is 14.4. The van der Waals surface area contributed by atoms with Crippen molar-refractivity contribution in [2.24, 2.45) is 5.73 Å². The fraction of sp³-hybridized carbons (Fsp3) is 0.182. The molecule has 0 atom stereocenters. The fourth-order valence-electron chi connectivity index (χ4n) is 3.60. The van der Waals surface area contributed by atoms with Crippen molar-refractivity contribution in [2.75, 3.05) is 11.9 Å². The van der Waals surface area contributed by atoms with Gasteiger partial charge in [0.2, 0.25) is 0 Å². The molecule has 30 heavy (non-hydrogen) atoms. The van der Waals surface area contributed by atoms with Crippen molar-refractivity contribution < 1.29 is 9.59 Å². The van der Waals surface area contributed by atoms with E-state index in [1.165, 1.54) is 16.9 Å². The van der Waals surface area contributed by atoms with Crippen molar-refractivity contribution in [1.82, 2.24) is 4.90 Å². The number of halogens is 2. The van der Waals surface area contributed by atoms with Crippen LogP contribution in [-0.2, 0) is 19.5 Å². The standard InChI is InChI=1S/C22H19Cl2N3O2S/c23-14-7-5-13(6-8-14)11-27-10-9-16-18(12-27)30-22(19(16)20(25)28)26-21(29)15-3-1-2-4-17(15)24/h1-8H,9-12H2,(H2,25,28)(H,26,29). The zero-order valence-corrected chi connectivity index (χ0v) is 18.3. The predicted octanol–water partition coefficient (Wildman–Crippen LogP) is 4.96. The normalized spacial score (nSPS) is 13.7. The van der Waals surface area contributed by atoms with E-state index in [0.29, 0.717) is 39.1 Å². The molecule has 0 aliphatic carbocycles. The topological polar surface area (TPSA) is 75.4 Å². The van der Waals surface area contributed by atoms with Gasteiger partial charge in [-0.1, -0.05) is 47.5 Å². The quantitative estimate of drug-likeness (QED) is 0.565. The number of carbonyl (C=O) groups is 2. The molecule has 0 radical (unpaired) electrons. The molecule has 0 unspecified atom stereocenters. The molecule has 1 aliphatic heterocycles. The van der Waals surface area contributed by atoms with E-state index in [0.717, 1.165) is 23.5 Å². The van der Waals surface area contributed by atoms with Crippen molar-refractivity contribution in [3.8, 4) is 0 Å². The number of hydrogen-bond acceptors (Lipinski definition) is 4. The van der Waals surface area contributed by atoms with Crippen molar-refractivity contribution in [3.05, 3.63) is 85.7 Å². The first kappa shape index (κ1) is 20.9. The Kier molecular flexibility index (Phi) is 6.11. The summed E-state index contributed by atoms with van der Waals surface area (Å²) in [4.78, 5) is 28.2. The Balaban J connectivity index is 1.56. The number of carbonyl (C=O) groups excluding carboxylic acids is 2. The number of nitrogens with two attached hydrogens (primary N) is 1. The zero-order valence-electron chi connectivity index (χ0n) is 16.0. The summed E-state index contributed by atoms with van der Waals surface area (Å²) in [5.74, 6) is -0.896. The summed E-state index contributed by atoms with van der Waals surface area (Å²) < 4.78 is 0. The zero-order chi connectivity index (χ0) is 21.3. The maximum atomic E-state index is 12.7. The first-order valence-corrected chi connectivity index (χ1v) is 11.0. The highest BCUT2D eigenvalue weighted by molar-refractivity contribution is 7.17. The number of hydrogen-bond donors (Lipinski definition) is 2. The fourth-order valence-corrected chi connectivity index (χ4v) is 5.24. The second-order valence-corrected chi connectivity index (χ2v) is 9.04. The highest BCUT2D eigenvalue weighted by Gasteiger charge is 2.28. The maximum Gasteiger partial charge on any atom is 0.257 e. The molecule has 2 aromatic carbocycles. The second kappa shape index (κ2) is 8.78. The van der Waals surface area contributed by atoms with Crippen molar-refractivity contribution in [1.29, 1.82) is 0 Å². The molecule has 2 amide bonds. The van der Waals surface area contributed by atoms with Gasteiger partial charge in [0.15, 0.2) is 0 Å². The summed E-state index contributed by atoms with van der Waals surface area (Å²) in [6, 6.07) is 14.6. The van der Waals surface area contributed by atoms with Gasteiger partial charge in [0.1, 0.15) is 5.00 Å². The Labute approximate surface area is 188 Å². The molecule has 1 aromatic heterocycles. The highest BCUT2D eigenvalue weighted by Crippen LogP contribution is 2.37. The van der Waals surface area contributed by atoms with Crippen molar-refractivity contribution in [2.45, 2.75) is 19.5 Å². The molecule has 5 nitrogen and oxygen atoms in total. The Morgan fingerprint density at radius 3 is 2.53 bits per heavy atom. The second-order valence-electron chi connectivity index (χ2n) is 7.09. The van der Waals surface area contributed by atoms with Gasteiger partial charge in [-0.25, -0.2) is 0 Å². The van der Waals surface area contributed by atoms with Crippen molar-refractivity contribution in [3.63, 3.8) is 0 Å². The number of nitrogens with zero attached hydrogens (tertiary/aromatic N) is 1. The molecule has 0 spiro atoms. The largest absolute Gasteiger partial charge is 0.365 e. The van der Waals surface area contributed by atoms with Gasteiger partial charge in [0.05, 0.1) is 16.1 Å². The average molecular weight is 460 g/mol. The third-order valence-corrected chi connectivity index (χ3v) is 6.76. The lowest BCUT2D eigenvalue weighted by atomic mass is 10.0. The van der Waals surface area contributed by atoms with Gasteiger partial charge in [-0.3, -0.25) is 14.5 Å². The molecule has 0 fully saturated rings. The molecule has 8 heteroatoms. The van der Waals surface area contributed by atoms with E-state index >= 15 is 0 Å². The van der Waals surface area contributed by atoms with Crippen molar-refractivity contribution >= 4 is 51.4 Å². The Morgan fingerprint density at radius 2 is 1.83 bits per heavy atom. The number of rotatable bonds is 5. The number of primary amides is 1. The Bertz CT molecular complexity index is 1110. The molecule has 0 bridgehead atoms. The minimum Gasteiger partial charge on any atom is -0.365 e. The van der Waals surface area contributed by atoms with Crippen LogP contribution in [0.2, 0.25) is 10.0 Å². The number of amides is 2. The van der Waals surface area contributed by atoms with Crippen LogP contribution in [0.1, 0.15) is 36.7 Å². The summed E-state index contributed by atoms with van der Waals surface area (Å²) in [6.45, 7) is 2.26. The molecule has 0 saturated carbocycles. The van der Waals surface area contributed by atoms with E-state index in [2.05, 4.69) is 10.2 Å². The van der Waals surface area contributed by atoms with Crippen LogP contribution in [0.15, 0.2) is 48.5 Å². The summed E-state index contributed by atoms with van der Waals surface area (Å²) in [7, 11) is 0. The van der Waals surface area contributed by atoms with Crippen LogP contribution in [0.5, 0.6) is 0 Å². The van der Waals surface area contributed by atoms with Crippen LogP contribution in [0.3, 0.4) is 0 Å². The maximum absolute atomic E-state index is 12.7. The molecular weight excluding hydrogens is 441 g/mol. The molecule has 2 heterocycles. The number of thiophene rings is 1. The van der Waals surface area contributed by atoms with Crippen LogP contribution in [0.4, 0.5) is 5.00 Å². The molecule has 3 N–H and O–H groups in total. The van der Waals surface area contributed by atoms with Gasteiger partial charge in [0.25, 0.3) is 11.8 Å². The van der Waals surface area contributed by atoms with E-state index in [4.69, 9.17) is 28.9 Å². The van der Waals surface area contributed by atoms with Crippen LogP contribution in [0, 0.1) is 0 Å². The minimum atomic E-state index is -0.534. The lowest BCUT2D eigenvalue weighted by Gasteiger charge is -2.27. The Morgan fingerprint density at radius 1 is 1.10 bits per heavy atom. The Hall–Kier alpha value is -2.38. The summed E-state index contributed by atoms with van der Waals surface area (Å²) in [6.07, 6.45) is 0.694. The van der Waals surface area contributed by atoms with Gasteiger partial charge in [-0.05, 0) is 41.8 Å². The monoisotopic (exact) mass is 459 g/mol. The lowest BCUT2D eigenvalue weighted by molar-refractivity contribution is 0.0999. The first-order valence-electron chi connectivity index (χ1n) is 9.39. The smallest absolute Gasteiger partial charge is 0.257 e. The average Bonchev–Trinajstić information content (AvgIpc) is 3.07. The summed E-state index contributed by atoms with van der Waals surface area (Å²) in [5, 5.41) is 4.38. The van der Waals surface area contributed by atoms with Crippen LogP contribution in [-0.4, -0.2) is 23.3 Å². The minimum absolute atomic E-state index is 0.352. The van der Waals surface area contributed by atoms with E-state index < -0.39 is 5.91 Å². The van der Waals surface area contributed by atoms with Gasteiger partial charge < -0.3 is 11.1 Å². The van der Waals surface area contributed by atoms with E-state index in [1.807, 2.05) is 24.3 Å². The molecule has 0 saturated heterocycles. The van der Waals surface area contributed by atoms with Gasteiger partial charge in [0, 0.05) is 29.5 Å². The lowest BCUT2D eigenvalue weighted by Crippen LogP contribution is -2.30. The van der Waals surface area contributed by atoms with Gasteiger partial charge in [-0.15, -0.1) is 11.3 Å². The number of anilines is 1. The van der Waals surface area contributed by atoms with Crippen LogP contribution >= 0.6 is 34.5 Å². The molecule has 1 aliphatic rings. The molecule has 154 valence electrons. The third kappa shape index (κ3) is 4.37. The summed E-state index contributed by atoms with van der Waals surface area (Å²) in [5.41, 5.74) is 8.51. The van der Waals surface area contributed by atoms with Gasteiger partial charge >= 0.3 is 0 Å². The number of nitrogens with one attached hydrogen (secondary N) is 1. The van der Waals surface area contributed by atoms with Crippen LogP contribution in [0.25, 0.3) is 0 Å². The molecular formula is C22H19Cl2N3O2S. The van der Waals surface area contributed by atoms with Crippen LogP contribution < -0.4 is 11.1 Å². The van der Waals surface area contributed by atoms with E-state index in [9.17, 15) is 9.59 Å². The number of fused-ring (bicyclic) bond motifs is 1. The highest BCUT2D eigenvalue weighted by atomic mass is 35.5. The van der Waals surface area contributed by atoms with E-state index in [-0.39, 0.29) is 5.91 Å². The third-order valence-electron chi connectivity index (χ3n) is 5.05. The van der Waals surface area contributed by atoms with Gasteiger partial charge in [-0.2, -0.15) is 0 Å². The number of benzene rings is 2. The molecule has 3 aromatic rings. The predicted molar refractivity (Wildman–Crippen MR) is 122 cm³/mol. The van der Waals surface area contributed by atoms with E-state index in [1.54, 1.807) is 24.3 Å².